The van der Waals surface area contributed by atoms with Crippen molar-refractivity contribution in [2.24, 2.45) is 0 Å². The summed E-state index contributed by atoms with van der Waals surface area (Å²) in [6.07, 6.45) is 1.38. The van der Waals surface area contributed by atoms with E-state index < -0.39 is 18.4 Å². The number of nitrogens with zero attached hydrogens (tertiary/aromatic N) is 1. The van der Waals surface area contributed by atoms with Gasteiger partial charge in [-0.3, -0.25) is 14.5 Å². The van der Waals surface area contributed by atoms with E-state index in [9.17, 15) is 19.8 Å². The molecule has 0 bridgehead atoms. The molecule has 4 aromatic rings. The monoisotopic (exact) mass is 694 g/mol. The summed E-state index contributed by atoms with van der Waals surface area (Å²) in [4.78, 5) is 25.2. The molecule has 270 valence electrons. The van der Waals surface area contributed by atoms with Gasteiger partial charge in [-0.25, -0.2) is 0 Å². The first-order valence-corrected chi connectivity index (χ1v) is 17.8. The number of aliphatic hydroxyl groups is 2. The highest BCUT2D eigenvalue weighted by atomic mass is 16.7. The minimum atomic E-state index is -0.809. The summed E-state index contributed by atoms with van der Waals surface area (Å²) in [5.74, 6) is -0.856. The number of nitrogens with one attached hydrogen (secondary N) is 1. The number of likely N-dealkylation sites (N-methyl/N-ethyl adjacent to an activating group) is 1. The zero-order valence-corrected chi connectivity index (χ0v) is 29.5. The second kappa shape index (κ2) is 18.7. The van der Waals surface area contributed by atoms with Crippen molar-refractivity contribution in [1.29, 1.82) is 0 Å². The molecule has 4 N–H and O–H groups in total. The van der Waals surface area contributed by atoms with Crippen LogP contribution in [0.5, 0.6) is 0 Å². The van der Waals surface area contributed by atoms with Crippen molar-refractivity contribution in [2.75, 3.05) is 13.6 Å². The first-order valence-electron chi connectivity index (χ1n) is 17.8. The molecule has 0 spiro atoms. The van der Waals surface area contributed by atoms with Gasteiger partial charge in [0.15, 0.2) is 6.29 Å². The molecule has 5 atom stereocenters. The third kappa shape index (κ3) is 11.1. The van der Waals surface area contributed by atoms with Gasteiger partial charge in [0.05, 0.1) is 24.9 Å². The van der Waals surface area contributed by atoms with Crippen molar-refractivity contribution in [3.63, 3.8) is 0 Å². The number of hydrogen-bond acceptors (Lipinski definition) is 7. The topological polar surface area (TPSA) is 129 Å². The Balaban J connectivity index is 1.28. The Hall–Kier alpha value is -4.38. The number of carbonyl (C=O) groups is 2. The Morgan fingerprint density at radius 1 is 0.824 bits per heavy atom. The predicted octanol–water partition coefficient (Wildman–Crippen LogP) is 7.10. The minimum Gasteiger partial charge on any atom is -0.481 e. The quantitative estimate of drug-likeness (QED) is 0.0863. The summed E-state index contributed by atoms with van der Waals surface area (Å²) in [7, 11) is 2.01. The second-order valence-corrected chi connectivity index (χ2v) is 13.4. The van der Waals surface area contributed by atoms with Crippen LogP contribution in [0.2, 0.25) is 0 Å². The summed E-state index contributed by atoms with van der Waals surface area (Å²) in [5.41, 5.74) is 6.58. The van der Waals surface area contributed by atoms with E-state index in [1.807, 2.05) is 105 Å². The van der Waals surface area contributed by atoms with Crippen LogP contribution in [0.4, 0.5) is 0 Å². The molecule has 1 aliphatic heterocycles. The van der Waals surface area contributed by atoms with Gasteiger partial charge < -0.3 is 30.1 Å². The maximum atomic E-state index is 12.4. The molecule has 1 aliphatic rings. The molecular weight excluding hydrogens is 644 g/mol. The lowest BCUT2D eigenvalue weighted by Gasteiger charge is -2.39. The van der Waals surface area contributed by atoms with Gasteiger partial charge in [-0.1, -0.05) is 97.4 Å². The van der Waals surface area contributed by atoms with Gasteiger partial charge in [0, 0.05) is 44.0 Å². The van der Waals surface area contributed by atoms with E-state index >= 15 is 0 Å². The second-order valence-electron chi connectivity index (χ2n) is 13.4. The number of benzene rings is 4. The molecule has 0 aliphatic carbocycles. The van der Waals surface area contributed by atoms with Crippen LogP contribution in [0.1, 0.15) is 91.8 Å². The number of aliphatic carboxylic acids is 1. The Morgan fingerprint density at radius 2 is 1.53 bits per heavy atom. The lowest BCUT2D eigenvalue weighted by atomic mass is 9.97. The molecule has 1 fully saturated rings. The van der Waals surface area contributed by atoms with E-state index in [-0.39, 0.29) is 37.2 Å². The average Bonchev–Trinajstić information content (AvgIpc) is 3.16. The van der Waals surface area contributed by atoms with Crippen LogP contribution in [0, 0.1) is 0 Å². The number of carboxylic acid groups (broad SMARTS) is 1. The number of hydrogen-bond donors (Lipinski definition) is 4. The lowest BCUT2D eigenvalue weighted by Crippen LogP contribution is -2.43. The van der Waals surface area contributed by atoms with Crippen molar-refractivity contribution in [3.8, 4) is 11.1 Å². The van der Waals surface area contributed by atoms with Crippen molar-refractivity contribution >= 4 is 11.9 Å². The molecule has 4 aromatic carbocycles. The molecule has 9 nitrogen and oxygen atoms in total. The van der Waals surface area contributed by atoms with E-state index in [0.717, 1.165) is 38.9 Å². The Morgan fingerprint density at radius 3 is 2.25 bits per heavy atom. The molecule has 5 rings (SSSR count). The lowest BCUT2D eigenvalue weighted by molar-refractivity contribution is -0.253. The van der Waals surface area contributed by atoms with E-state index in [4.69, 9.17) is 14.6 Å². The fourth-order valence-corrected chi connectivity index (χ4v) is 6.44. The van der Waals surface area contributed by atoms with Crippen molar-refractivity contribution in [2.45, 2.75) is 89.2 Å². The maximum absolute atomic E-state index is 12.4. The number of carbonyl (C=O) groups excluding carboxylic acids is 1. The third-order valence-electron chi connectivity index (χ3n) is 9.60. The van der Waals surface area contributed by atoms with Crippen LogP contribution >= 0.6 is 0 Å². The average molecular weight is 695 g/mol. The molecule has 0 aromatic heterocycles. The molecule has 51 heavy (non-hydrogen) atoms. The standard InChI is InChI=1S/C42H50N2O7/c1-29(41(49)33-12-5-3-6-13-33)44(2)27-37-25-38(32-21-19-30(28-45)20-22-32)51-42(50-37)36-16-10-15-35(24-36)34-14-9-11-31(23-34)26-43-39(46)17-7-4-8-18-40(47)48/h3,5-6,9-16,19-24,29,37-38,41-42,45,49H,4,7-8,17-18,25-28H2,1-2H3,(H,43,46)(H,47,48)/t29-,37+,38-,41-,42-/m0/s1. The van der Waals surface area contributed by atoms with Crippen LogP contribution in [-0.2, 0) is 32.2 Å². The summed E-state index contributed by atoms with van der Waals surface area (Å²) in [6, 6.07) is 33.6. The van der Waals surface area contributed by atoms with E-state index in [0.29, 0.717) is 45.2 Å². The minimum absolute atomic E-state index is 0.0247. The van der Waals surface area contributed by atoms with Crippen LogP contribution in [0.3, 0.4) is 0 Å². The number of carboxylic acids is 1. The number of rotatable bonds is 17. The molecule has 9 heteroatoms. The summed E-state index contributed by atoms with van der Waals surface area (Å²) in [5, 5.41) is 32.5. The van der Waals surface area contributed by atoms with Crippen molar-refractivity contribution in [1.82, 2.24) is 10.2 Å². The van der Waals surface area contributed by atoms with Gasteiger partial charge in [-0.2, -0.15) is 0 Å². The fourth-order valence-electron chi connectivity index (χ4n) is 6.44. The van der Waals surface area contributed by atoms with Crippen LogP contribution in [-0.4, -0.2) is 57.8 Å². The largest absolute Gasteiger partial charge is 0.481 e. The van der Waals surface area contributed by atoms with E-state index in [1.165, 1.54) is 0 Å². The number of unbranched alkanes of at least 4 members (excludes halogenated alkanes) is 2. The SMILES string of the molecule is C[C@@H]([C@H](O)c1ccccc1)N(C)C[C@H]1C[C@@H](c2ccc(CO)cc2)O[C@@H](c2cccc(-c3cccc(CNC(=O)CCCCCC(=O)O)c3)c2)O1. The number of aliphatic hydroxyl groups excluding tert-OH is 2. The molecule has 0 radical (unpaired) electrons. The van der Waals surface area contributed by atoms with Gasteiger partial charge in [-0.05, 0) is 72.3 Å². The highest BCUT2D eigenvalue weighted by molar-refractivity contribution is 5.76. The van der Waals surface area contributed by atoms with Gasteiger partial charge in [0.2, 0.25) is 5.91 Å². The Bertz CT molecular complexity index is 1700. The number of ether oxygens (including phenoxy) is 2. The maximum Gasteiger partial charge on any atom is 0.303 e. The predicted molar refractivity (Wildman–Crippen MR) is 196 cm³/mol. The first kappa shape index (κ1) is 37.9. The Labute approximate surface area is 300 Å². The molecule has 0 saturated carbocycles. The number of amides is 1. The molecule has 1 saturated heterocycles. The van der Waals surface area contributed by atoms with Gasteiger partial charge in [-0.15, -0.1) is 0 Å². The molecule has 1 amide bonds. The van der Waals surface area contributed by atoms with Gasteiger partial charge in [0.25, 0.3) is 0 Å². The van der Waals surface area contributed by atoms with E-state index in [1.54, 1.807) is 0 Å². The van der Waals surface area contributed by atoms with Crippen LogP contribution in [0.25, 0.3) is 11.1 Å². The summed E-state index contributed by atoms with van der Waals surface area (Å²) < 4.78 is 13.3. The Kier molecular flexibility index (Phi) is 13.9. The van der Waals surface area contributed by atoms with Gasteiger partial charge >= 0.3 is 5.97 Å². The smallest absolute Gasteiger partial charge is 0.303 e. The highest BCUT2D eigenvalue weighted by Crippen LogP contribution is 2.39. The molecule has 1 heterocycles. The summed E-state index contributed by atoms with van der Waals surface area (Å²) >= 11 is 0. The fraction of sp³-hybridized carbons (Fsp3) is 0.381. The third-order valence-corrected chi connectivity index (χ3v) is 9.60. The van der Waals surface area contributed by atoms with Gasteiger partial charge in [0.1, 0.15) is 0 Å². The highest BCUT2D eigenvalue weighted by Gasteiger charge is 2.34. The zero-order valence-electron chi connectivity index (χ0n) is 29.5. The van der Waals surface area contributed by atoms with Crippen molar-refractivity contribution < 1.29 is 34.4 Å². The molecule has 0 unspecified atom stereocenters. The zero-order chi connectivity index (χ0) is 36.2. The summed E-state index contributed by atoms with van der Waals surface area (Å²) in [6.45, 7) is 2.99. The molecular formula is C42H50N2O7. The van der Waals surface area contributed by atoms with Crippen LogP contribution < -0.4 is 5.32 Å². The van der Waals surface area contributed by atoms with Crippen molar-refractivity contribution in [3.05, 3.63) is 131 Å². The first-order chi connectivity index (χ1) is 24.7. The van der Waals surface area contributed by atoms with E-state index in [2.05, 4.69) is 22.3 Å². The van der Waals surface area contributed by atoms with Crippen LogP contribution in [0.15, 0.2) is 103 Å². The normalized spacial score (nSPS) is 18.6.